The van der Waals surface area contributed by atoms with Gasteiger partial charge < -0.3 is 16.0 Å². The van der Waals surface area contributed by atoms with Crippen LogP contribution < -0.4 is 16.0 Å². The Labute approximate surface area is 156 Å². The molecule has 2 rings (SSSR count). The van der Waals surface area contributed by atoms with Crippen LogP contribution in [0, 0.1) is 0 Å². The van der Waals surface area contributed by atoms with Gasteiger partial charge in [-0.1, -0.05) is 30.3 Å². The van der Waals surface area contributed by atoms with Gasteiger partial charge in [-0.3, -0.25) is 4.79 Å². The van der Waals surface area contributed by atoms with Crippen LogP contribution in [0.4, 0.5) is 11.4 Å². The van der Waals surface area contributed by atoms with Gasteiger partial charge in [-0.25, -0.2) is 0 Å². The van der Waals surface area contributed by atoms with Crippen molar-refractivity contribution in [1.29, 1.82) is 0 Å². The Kier molecular flexibility index (Phi) is 9.03. The fourth-order valence-corrected chi connectivity index (χ4v) is 2.56. The van der Waals surface area contributed by atoms with E-state index < -0.39 is 0 Å². The minimum Gasteiger partial charge on any atom is -0.352 e. The quantitative estimate of drug-likeness (QED) is 0.746. The van der Waals surface area contributed by atoms with Gasteiger partial charge in [-0.05, 0) is 50.1 Å². The van der Waals surface area contributed by atoms with Gasteiger partial charge >= 0.3 is 0 Å². The fraction of sp³-hybridized carbons (Fsp3) is 0.350. The van der Waals surface area contributed by atoms with E-state index in [1.807, 2.05) is 25.1 Å². The number of amides is 1. The molecule has 0 aliphatic heterocycles. The van der Waals surface area contributed by atoms with Gasteiger partial charge in [0.25, 0.3) is 0 Å². The third-order valence-corrected chi connectivity index (χ3v) is 3.95. The minimum absolute atomic E-state index is 0. The number of carbonyl (C=O) groups excluding carboxylic acids is 1. The maximum Gasteiger partial charge on any atom is 0.220 e. The Bertz CT molecular complexity index is 629. The Morgan fingerprint density at radius 1 is 1.08 bits per heavy atom. The van der Waals surface area contributed by atoms with Crippen LogP contribution in [-0.2, 0) is 11.3 Å². The molecule has 0 aromatic heterocycles. The van der Waals surface area contributed by atoms with E-state index in [1.54, 1.807) is 0 Å². The van der Waals surface area contributed by atoms with Crippen molar-refractivity contribution in [3.05, 3.63) is 60.2 Å². The topological polar surface area (TPSA) is 58.4 Å². The highest BCUT2D eigenvalue weighted by atomic mass is 35.5. The van der Waals surface area contributed by atoms with E-state index >= 15 is 0 Å². The van der Waals surface area contributed by atoms with Crippen LogP contribution in [0.2, 0.25) is 0 Å². The lowest BCUT2D eigenvalue weighted by Gasteiger charge is -2.23. The van der Waals surface area contributed by atoms with Crippen molar-refractivity contribution < 1.29 is 4.79 Å². The maximum atomic E-state index is 11.8. The molecule has 2 aromatic rings. The second-order valence-electron chi connectivity index (χ2n) is 6.04. The zero-order valence-electron chi connectivity index (χ0n) is 14.9. The van der Waals surface area contributed by atoms with E-state index in [-0.39, 0.29) is 24.4 Å². The summed E-state index contributed by atoms with van der Waals surface area (Å²) in [6.45, 7) is 5.50. The van der Waals surface area contributed by atoms with Crippen LogP contribution in [0.1, 0.15) is 32.3 Å². The van der Waals surface area contributed by atoms with Crippen molar-refractivity contribution >= 4 is 29.7 Å². The molecule has 2 aromatic carbocycles. The largest absolute Gasteiger partial charge is 0.352 e. The summed E-state index contributed by atoms with van der Waals surface area (Å²) in [5, 5.41) is 2.94. The highest BCUT2D eigenvalue weighted by Crippen LogP contribution is 2.24. The van der Waals surface area contributed by atoms with Crippen LogP contribution in [0.15, 0.2) is 54.6 Å². The lowest BCUT2D eigenvalue weighted by Crippen LogP contribution is -2.25. The molecule has 0 heterocycles. The first-order chi connectivity index (χ1) is 11.6. The summed E-state index contributed by atoms with van der Waals surface area (Å²) in [4.78, 5) is 14.0. The number of hydrogen-bond acceptors (Lipinski definition) is 3. The molecular formula is C20H28ClN3O. The smallest absolute Gasteiger partial charge is 0.220 e. The molecule has 0 saturated carbocycles. The highest BCUT2D eigenvalue weighted by Gasteiger charge is 2.07. The number of nitrogens with two attached hydrogens (primary N) is 1. The summed E-state index contributed by atoms with van der Waals surface area (Å²) < 4.78 is 0. The van der Waals surface area contributed by atoms with E-state index in [1.165, 1.54) is 5.69 Å². The lowest BCUT2D eigenvalue weighted by atomic mass is 10.1. The SMILES string of the molecule is CCN(c1ccccc1)c1ccc(CNC(=O)CCC(C)N)cc1.Cl. The summed E-state index contributed by atoms with van der Waals surface area (Å²) in [6.07, 6.45) is 1.20. The van der Waals surface area contributed by atoms with Crippen molar-refractivity contribution in [3.8, 4) is 0 Å². The molecule has 4 nitrogen and oxygen atoms in total. The van der Waals surface area contributed by atoms with Gasteiger partial charge in [0.15, 0.2) is 0 Å². The Morgan fingerprint density at radius 2 is 1.68 bits per heavy atom. The van der Waals surface area contributed by atoms with E-state index in [4.69, 9.17) is 5.73 Å². The molecule has 1 unspecified atom stereocenters. The number of hydrogen-bond donors (Lipinski definition) is 2. The third kappa shape index (κ3) is 6.77. The van der Waals surface area contributed by atoms with Crippen LogP contribution in [0.25, 0.3) is 0 Å². The van der Waals surface area contributed by atoms with Crippen LogP contribution in [0.3, 0.4) is 0 Å². The van der Waals surface area contributed by atoms with Gasteiger partial charge in [0.2, 0.25) is 5.91 Å². The van der Waals surface area contributed by atoms with Crippen molar-refractivity contribution in [1.82, 2.24) is 5.32 Å². The monoisotopic (exact) mass is 361 g/mol. The van der Waals surface area contributed by atoms with Gasteiger partial charge in [0.1, 0.15) is 0 Å². The number of rotatable bonds is 8. The van der Waals surface area contributed by atoms with Crippen molar-refractivity contribution in [2.75, 3.05) is 11.4 Å². The number of halogens is 1. The molecule has 1 atom stereocenters. The number of anilines is 2. The molecule has 0 fully saturated rings. The summed E-state index contributed by atoms with van der Waals surface area (Å²) in [5.74, 6) is 0.0517. The second kappa shape index (κ2) is 10.7. The molecule has 136 valence electrons. The standard InChI is InChI=1S/C20H27N3O.ClH/c1-3-23(18-7-5-4-6-8-18)19-12-10-17(11-13-19)15-22-20(24)14-9-16(2)21;/h4-8,10-13,16H,3,9,14-15,21H2,1-2H3,(H,22,24);1H. The first-order valence-corrected chi connectivity index (χ1v) is 8.54. The normalized spacial score (nSPS) is 11.3. The van der Waals surface area contributed by atoms with Crippen molar-refractivity contribution in [3.63, 3.8) is 0 Å². The molecule has 0 saturated heterocycles. The Morgan fingerprint density at radius 3 is 2.24 bits per heavy atom. The van der Waals surface area contributed by atoms with E-state index in [2.05, 4.69) is 53.5 Å². The zero-order chi connectivity index (χ0) is 17.4. The molecule has 1 amide bonds. The molecule has 3 N–H and O–H groups in total. The number of nitrogens with one attached hydrogen (secondary N) is 1. The first-order valence-electron chi connectivity index (χ1n) is 8.54. The Hall–Kier alpha value is -2.04. The second-order valence-corrected chi connectivity index (χ2v) is 6.04. The molecule has 0 spiro atoms. The summed E-state index contributed by atoms with van der Waals surface area (Å²) in [7, 11) is 0. The van der Waals surface area contributed by atoms with Crippen LogP contribution >= 0.6 is 12.4 Å². The predicted octanol–water partition coefficient (Wildman–Crippen LogP) is 4.01. The predicted molar refractivity (Wildman–Crippen MR) is 108 cm³/mol. The Balaban J connectivity index is 0.00000312. The highest BCUT2D eigenvalue weighted by molar-refractivity contribution is 5.85. The lowest BCUT2D eigenvalue weighted by molar-refractivity contribution is -0.121. The number of benzene rings is 2. The average molecular weight is 362 g/mol. The zero-order valence-corrected chi connectivity index (χ0v) is 15.8. The van der Waals surface area contributed by atoms with E-state index in [0.717, 1.165) is 17.8 Å². The van der Waals surface area contributed by atoms with Gasteiger partial charge in [-0.2, -0.15) is 0 Å². The molecule has 0 aliphatic rings. The maximum absolute atomic E-state index is 11.8. The van der Waals surface area contributed by atoms with E-state index in [0.29, 0.717) is 19.4 Å². The van der Waals surface area contributed by atoms with Gasteiger partial charge in [0.05, 0.1) is 0 Å². The van der Waals surface area contributed by atoms with Crippen LogP contribution in [0.5, 0.6) is 0 Å². The summed E-state index contributed by atoms with van der Waals surface area (Å²) in [6, 6.07) is 18.7. The number of para-hydroxylation sites is 1. The molecule has 0 bridgehead atoms. The summed E-state index contributed by atoms with van der Waals surface area (Å²) >= 11 is 0. The minimum atomic E-state index is 0. The molecule has 5 heteroatoms. The number of nitrogens with zero attached hydrogens (tertiary/aromatic N) is 1. The van der Waals surface area contributed by atoms with E-state index in [9.17, 15) is 4.79 Å². The number of carbonyl (C=O) groups is 1. The fourth-order valence-electron chi connectivity index (χ4n) is 2.56. The molecule has 0 aliphatic carbocycles. The molecule has 0 radical (unpaired) electrons. The molecular weight excluding hydrogens is 334 g/mol. The van der Waals surface area contributed by atoms with Crippen LogP contribution in [-0.4, -0.2) is 18.5 Å². The van der Waals surface area contributed by atoms with Gasteiger partial charge in [0, 0.05) is 36.9 Å². The first kappa shape index (κ1) is 21.0. The third-order valence-electron chi connectivity index (χ3n) is 3.95. The summed E-state index contributed by atoms with van der Waals surface area (Å²) in [5.41, 5.74) is 9.09. The van der Waals surface area contributed by atoms with Crippen molar-refractivity contribution in [2.45, 2.75) is 39.3 Å². The van der Waals surface area contributed by atoms with Crippen molar-refractivity contribution in [2.24, 2.45) is 5.73 Å². The average Bonchev–Trinajstić information content (AvgIpc) is 2.61. The van der Waals surface area contributed by atoms with Gasteiger partial charge in [-0.15, -0.1) is 12.4 Å². The molecule has 25 heavy (non-hydrogen) atoms.